The molecule has 39 heavy (non-hydrogen) atoms. The standard InChI is InChI=1S/C29H29N3O6S/c1-4-38-28(35)20-7-9-21(10-8-20)30-27(34)25-17-26(33)32(18-19-5-13-23(36-2)14-6-19)29(39-25)31-22-11-15-24(37-3)16-12-22/h5-16,25H,4,17-18H2,1-3H3,(H,30,34)/t25-/m0/s1. The molecule has 1 atom stereocenters. The average Bonchev–Trinajstić information content (AvgIpc) is 2.96. The Kier molecular flexibility index (Phi) is 9.22. The number of carbonyl (C=O) groups excluding carboxylic acids is 3. The third-order valence-corrected chi connectivity index (χ3v) is 7.08. The molecule has 0 unspecified atom stereocenters. The van der Waals surface area contributed by atoms with Gasteiger partial charge in [0, 0.05) is 12.1 Å². The molecular weight excluding hydrogens is 518 g/mol. The normalized spacial score (nSPS) is 16.1. The minimum atomic E-state index is -0.689. The zero-order chi connectivity index (χ0) is 27.8. The fraction of sp³-hybridized carbons (Fsp3) is 0.241. The molecule has 3 aromatic rings. The van der Waals surface area contributed by atoms with E-state index in [1.54, 1.807) is 74.6 Å². The summed E-state index contributed by atoms with van der Waals surface area (Å²) >= 11 is 1.23. The van der Waals surface area contributed by atoms with Crippen LogP contribution in [-0.4, -0.2) is 53.9 Å². The third-order valence-electron chi connectivity index (χ3n) is 5.89. The van der Waals surface area contributed by atoms with Gasteiger partial charge in [0.15, 0.2) is 5.17 Å². The molecule has 1 aliphatic rings. The van der Waals surface area contributed by atoms with Crippen LogP contribution in [0.5, 0.6) is 11.5 Å². The highest BCUT2D eigenvalue weighted by Crippen LogP contribution is 2.32. The highest BCUT2D eigenvalue weighted by molar-refractivity contribution is 8.15. The molecule has 0 saturated carbocycles. The van der Waals surface area contributed by atoms with E-state index < -0.39 is 11.2 Å². The summed E-state index contributed by atoms with van der Waals surface area (Å²) in [5.41, 5.74) is 2.42. The van der Waals surface area contributed by atoms with Crippen LogP contribution in [0.25, 0.3) is 0 Å². The first-order valence-electron chi connectivity index (χ1n) is 12.3. The molecule has 0 bridgehead atoms. The van der Waals surface area contributed by atoms with Crippen molar-refractivity contribution in [1.29, 1.82) is 0 Å². The van der Waals surface area contributed by atoms with Gasteiger partial charge in [-0.25, -0.2) is 9.79 Å². The number of rotatable bonds is 9. The molecule has 4 rings (SSSR count). The van der Waals surface area contributed by atoms with Gasteiger partial charge in [-0.2, -0.15) is 0 Å². The number of hydrogen-bond acceptors (Lipinski definition) is 8. The summed E-state index contributed by atoms with van der Waals surface area (Å²) < 4.78 is 15.5. The quantitative estimate of drug-likeness (QED) is 0.374. The molecule has 2 amide bonds. The maximum absolute atomic E-state index is 13.3. The fourth-order valence-electron chi connectivity index (χ4n) is 3.80. The number of thioether (sulfide) groups is 1. The van der Waals surface area contributed by atoms with Gasteiger partial charge in [-0.3, -0.25) is 14.5 Å². The summed E-state index contributed by atoms with van der Waals surface area (Å²) in [7, 11) is 3.18. The van der Waals surface area contributed by atoms with Gasteiger partial charge in [0.1, 0.15) is 16.7 Å². The molecule has 1 heterocycles. The van der Waals surface area contributed by atoms with Crippen molar-refractivity contribution in [2.24, 2.45) is 4.99 Å². The van der Waals surface area contributed by atoms with Crippen LogP contribution in [0, 0.1) is 0 Å². The van der Waals surface area contributed by atoms with E-state index in [9.17, 15) is 14.4 Å². The lowest BCUT2D eigenvalue weighted by molar-refractivity contribution is -0.129. The Morgan fingerprint density at radius 2 is 1.56 bits per heavy atom. The van der Waals surface area contributed by atoms with Crippen molar-refractivity contribution in [3.8, 4) is 11.5 Å². The van der Waals surface area contributed by atoms with E-state index in [-0.39, 0.29) is 24.8 Å². The predicted octanol–water partition coefficient (Wildman–Crippen LogP) is 5.04. The SMILES string of the molecule is CCOC(=O)c1ccc(NC(=O)[C@@H]2CC(=O)N(Cc3ccc(OC)cc3)C(=Nc3ccc(OC)cc3)S2)cc1. The first kappa shape index (κ1) is 27.7. The zero-order valence-electron chi connectivity index (χ0n) is 21.9. The summed E-state index contributed by atoms with van der Waals surface area (Å²) in [6.07, 6.45) is 0.00912. The Labute approximate surface area is 231 Å². The number of hydrogen-bond donors (Lipinski definition) is 1. The van der Waals surface area contributed by atoms with E-state index in [0.29, 0.717) is 34.4 Å². The van der Waals surface area contributed by atoms with E-state index in [1.807, 2.05) is 24.3 Å². The molecule has 1 N–H and O–H groups in total. The Bertz CT molecular complexity index is 1340. The lowest BCUT2D eigenvalue weighted by Crippen LogP contribution is -2.44. The predicted molar refractivity (Wildman–Crippen MR) is 151 cm³/mol. The van der Waals surface area contributed by atoms with Crippen LogP contribution in [0.4, 0.5) is 11.4 Å². The number of nitrogens with zero attached hydrogens (tertiary/aromatic N) is 2. The lowest BCUT2D eigenvalue weighted by atomic mass is 10.1. The fourth-order valence-corrected chi connectivity index (χ4v) is 4.90. The Balaban J connectivity index is 1.54. The third kappa shape index (κ3) is 7.17. The van der Waals surface area contributed by atoms with Gasteiger partial charge in [-0.15, -0.1) is 0 Å². The van der Waals surface area contributed by atoms with Gasteiger partial charge in [0.2, 0.25) is 11.8 Å². The highest BCUT2D eigenvalue weighted by Gasteiger charge is 2.36. The Morgan fingerprint density at radius 1 is 0.949 bits per heavy atom. The molecule has 0 aromatic heterocycles. The van der Waals surface area contributed by atoms with E-state index in [2.05, 4.69) is 5.32 Å². The highest BCUT2D eigenvalue weighted by atomic mass is 32.2. The molecular formula is C29H29N3O6S. The van der Waals surface area contributed by atoms with E-state index in [4.69, 9.17) is 19.2 Å². The van der Waals surface area contributed by atoms with Crippen LogP contribution >= 0.6 is 11.8 Å². The number of amides is 2. The monoisotopic (exact) mass is 547 g/mol. The van der Waals surface area contributed by atoms with Gasteiger partial charge in [-0.1, -0.05) is 23.9 Å². The topological polar surface area (TPSA) is 107 Å². The molecule has 9 nitrogen and oxygen atoms in total. The molecule has 0 aliphatic carbocycles. The number of carbonyl (C=O) groups is 3. The first-order chi connectivity index (χ1) is 18.9. The van der Waals surface area contributed by atoms with Crippen molar-refractivity contribution in [3.63, 3.8) is 0 Å². The van der Waals surface area contributed by atoms with Gasteiger partial charge >= 0.3 is 5.97 Å². The zero-order valence-corrected chi connectivity index (χ0v) is 22.7. The second-order valence-electron chi connectivity index (χ2n) is 8.52. The van der Waals surface area contributed by atoms with E-state index >= 15 is 0 Å². The van der Waals surface area contributed by atoms with Crippen molar-refractivity contribution in [1.82, 2.24) is 4.90 Å². The number of ether oxygens (including phenoxy) is 3. The number of amidine groups is 1. The number of aliphatic imine (C=N–C) groups is 1. The van der Waals surface area contributed by atoms with Crippen LogP contribution in [0.1, 0.15) is 29.3 Å². The maximum Gasteiger partial charge on any atom is 0.338 e. The Morgan fingerprint density at radius 3 is 2.15 bits per heavy atom. The number of methoxy groups -OCH3 is 2. The molecule has 3 aromatic carbocycles. The van der Waals surface area contributed by atoms with Crippen molar-refractivity contribution >= 4 is 46.1 Å². The summed E-state index contributed by atoms with van der Waals surface area (Å²) in [6, 6.07) is 21.0. The van der Waals surface area contributed by atoms with Crippen molar-refractivity contribution in [3.05, 3.63) is 83.9 Å². The van der Waals surface area contributed by atoms with Crippen LogP contribution in [0.15, 0.2) is 77.8 Å². The molecule has 202 valence electrons. The minimum absolute atomic E-state index is 0.00912. The number of anilines is 1. The van der Waals surface area contributed by atoms with Crippen molar-refractivity contribution < 1.29 is 28.6 Å². The summed E-state index contributed by atoms with van der Waals surface area (Å²) in [4.78, 5) is 44.7. The molecule has 0 radical (unpaired) electrons. The largest absolute Gasteiger partial charge is 0.497 e. The molecule has 0 spiro atoms. The van der Waals surface area contributed by atoms with E-state index in [0.717, 1.165) is 11.3 Å². The minimum Gasteiger partial charge on any atom is -0.497 e. The van der Waals surface area contributed by atoms with Crippen molar-refractivity contribution in [2.75, 3.05) is 26.1 Å². The number of nitrogens with one attached hydrogen (secondary N) is 1. The lowest BCUT2D eigenvalue weighted by Gasteiger charge is -2.32. The molecule has 1 saturated heterocycles. The number of esters is 1. The van der Waals surface area contributed by atoms with Crippen molar-refractivity contribution in [2.45, 2.75) is 25.1 Å². The molecule has 1 aliphatic heterocycles. The molecule has 10 heteroatoms. The van der Waals surface area contributed by atoms with Gasteiger partial charge in [0.25, 0.3) is 0 Å². The smallest absolute Gasteiger partial charge is 0.338 e. The first-order valence-corrected chi connectivity index (χ1v) is 13.2. The van der Waals surface area contributed by atoms with Crippen LogP contribution in [0.3, 0.4) is 0 Å². The van der Waals surface area contributed by atoms with E-state index in [1.165, 1.54) is 11.8 Å². The summed E-state index contributed by atoms with van der Waals surface area (Å²) in [5.74, 6) is 0.434. The molecule has 1 fully saturated rings. The maximum atomic E-state index is 13.3. The average molecular weight is 548 g/mol. The Hall–Kier alpha value is -4.31. The summed E-state index contributed by atoms with van der Waals surface area (Å²) in [6.45, 7) is 2.31. The second kappa shape index (κ2) is 13.0. The van der Waals surface area contributed by atoms with Crippen LogP contribution < -0.4 is 14.8 Å². The van der Waals surface area contributed by atoms with Gasteiger partial charge in [-0.05, 0) is 73.2 Å². The van der Waals surface area contributed by atoms with Gasteiger partial charge < -0.3 is 19.5 Å². The summed E-state index contributed by atoms with van der Waals surface area (Å²) in [5, 5.41) is 2.57. The number of benzene rings is 3. The van der Waals surface area contributed by atoms with Crippen LogP contribution in [0.2, 0.25) is 0 Å². The second-order valence-corrected chi connectivity index (χ2v) is 9.69. The van der Waals surface area contributed by atoms with Crippen LogP contribution in [-0.2, 0) is 20.9 Å². The van der Waals surface area contributed by atoms with Gasteiger partial charge in [0.05, 0.1) is 38.6 Å².